The van der Waals surface area contributed by atoms with Crippen LogP contribution in [0.2, 0.25) is 0 Å². The first kappa shape index (κ1) is 16.8. The summed E-state index contributed by atoms with van der Waals surface area (Å²) < 4.78 is 7.54. The third-order valence-corrected chi connectivity index (χ3v) is 4.92. The second-order valence-electron chi connectivity index (χ2n) is 5.59. The van der Waals surface area contributed by atoms with Gasteiger partial charge in [0.1, 0.15) is 0 Å². The molecule has 2 aromatic rings. The molecule has 1 aliphatic rings. The van der Waals surface area contributed by atoms with Gasteiger partial charge < -0.3 is 9.64 Å². The highest BCUT2D eigenvalue weighted by atomic mass is 32.2. The van der Waals surface area contributed by atoms with E-state index in [0.717, 1.165) is 36.3 Å². The summed E-state index contributed by atoms with van der Waals surface area (Å²) in [4.78, 5) is 2.20. The van der Waals surface area contributed by atoms with E-state index in [4.69, 9.17) is 10.00 Å². The minimum atomic E-state index is -0.181. The number of hydrogen-bond acceptors (Lipinski definition) is 6. The van der Waals surface area contributed by atoms with E-state index in [9.17, 15) is 0 Å². The fourth-order valence-electron chi connectivity index (χ4n) is 2.73. The number of anilines is 1. The van der Waals surface area contributed by atoms with E-state index in [1.54, 1.807) is 0 Å². The molecule has 1 aromatic carbocycles. The average molecular weight is 343 g/mol. The van der Waals surface area contributed by atoms with Crippen molar-refractivity contribution in [3.05, 3.63) is 29.8 Å². The van der Waals surface area contributed by atoms with Gasteiger partial charge in [-0.3, -0.25) is 4.57 Å². The van der Waals surface area contributed by atoms with Crippen LogP contribution in [-0.2, 0) is 11.2 Å². The van der Waals surface area contributed by atoms with Crippen LogP contribution < -0.4 is 4.90 Å². The molecule has 3 rings (SSSR count). The second kappa shape index (κ2) is 7.69. The predicted octanol–water partition coefficient (Wildman–Crippen LogP) is 2.67. The molecule has 0 bridgehead atoms. The highest BCUT2D eigenvalue weighted by molar-refractivity contribution is 8.00. The minimum Gasteiger partial charge on any atom is -0.378 e. The Morgan fingerprint density at radius 1 is 1.29 bits per heavy atom. The van der Waals surface area contributed by atoms with E-state index >= 15 is 0 Å². The van der Waals surface area contributed by atoms with Crippen LogP contribution in [0.3, 0.4) is 0 Å². The number of benzene rings is 1. The third-order valence-electron chi connectivity index (χ3n) is 3.99. The van der Waals surface area contributed by atoms with Crippen LogP contribution in [-0.4, -0.2) is 46.3 Å². The molecular formula is C17H21N5OS. The first-order chi connectivity index (χ1) is 11.7. The highest BCUT2D eigenvalue weighted by Crippen LogP contribution is 2.31. The Hall–Kier alpha value is -2.04. The van der Waals surface area contributed by atoms with Gasteiger partial charge in [-0.15, -0.1) is 10.2 Å². The van der Waals surface area contributed by atoms with Crippen molar-refractivity contribution in [2.75, 3.05) is 31.2 Å². The summed E-state index contributed by atoms with van der Waals surface area (Å²) >= 11 is 1.44. The van der Waals surface area contributed by atoms with Crippen molar-refractivity contribution >= 4 is 17.7 Å². The number of thioether (sulfide) groups is 1. The molecule has 7 heteroatoms. The fraction of sp³-hybridized carbons (Fsp3) is 0.471. The zero-order chi connectivity index (χ0) is 16.9. The van der Waals surface area contributed by atoms with E-state index in [2.05, 4.69) is 44.8 Å². The van der Waals surface area contributed by atoms with Gasteiger partial charge in [0.15, 0.2) is 5.16 Å². The molecule has 1 aliphatic heterocycles. The van der Waals surface area contributed by atoms with E-state index in [-0.39, 0.29) is 5.25 Å². The largest absolute Gasteiger partial charge is 0.378 e. The van der Waals surface area contributed by atoms with E-state index < -0.39 is 0 Å². The number of rotatable bonds is 5. The summed E-state index contributed by atoms with van der Waals surface area (Å²) in [6.45, 7) is 7.00. The number of aryl methyl sites for hydroxylation is 1. The van der Waals surface area contributed by atoms with Gasteiger partial charge in [-0.25, -0.2) is 0 Å². The molecular weight excluding hydrogens is 322 g/mol. The number of morpholine rings is 1. The zero-order valence-corrected chi connectivity index (χ0v) is 14.8. The zero-order valence-electron chi connectivity index (χ0n) is 14.0. The Bertz CT molecular complexity index is 733. The molecule has 1 saturated heterocycles. The van der Waals surface area contributed by atoms with Gasteiger partial charge in [-0.1, -0.05) is 36.9 Å². The second-order valence-corrected chi connectivity index (χ2v) is 6.90. The Morgan fingerprint density at radius 2 is 2.04 bits per heavy atom. The Balaban J connectivity index is 2.08. The van der Waals surface area contributed by atoms with Crippen molar-refractivity contribution in [3.63, 3.8) is 0 Å². The van der Waals surface area contributed by atoms with Gasteiger partial charge in [0.05, 0.1) is 30.2 Å². The summed E-state index contributed by atoms with van der Waals surface area (Å²) in [5.41, 5.74) is 2.32. The molecule has 0 spiro atoms. The number of nitrogens with zero attached hydrogens (tertiary/aromatic N) is 5. The normalized spacial score (nSPS) is 16.0. The fourth-order valence-corrected chi connectivity index (χ4v) is 3.47. The lowest BCUT2D eigenvalue weighted by Crippen LogP contribution is -2.38. The van der Waals surface area contributed by atoms with Gasteiger partial charge in [0.25, 0.3) is 0 Å². The molecule has 1 aromatic heterocycles. The summed E-state index contributed by atoms with van der Waals surface area (Å²) in [5, 5.41) is 18.5. The van der Waals surface area contributed by atoms with Gasteiger partial charge >= 0.3 is 0 Å². The Labute approximate surface area is 146 Å². The first-order valence-corrected chi connectivity index (χ1v) is 9.05. The number of para-hydroxylation sites is 1. The lowest BCUT2D eigenvalue weighted by molar-refractivity contribution is 0.122. The summed E-state index contributed by atoms with van der Waals surface area (Å²) in [6, 6.07) is 10.5. The topological polar surface area (TPSA) is 67.0 Å². The smallest absolute Gasteiger partial charge is 0.232 e. The molecule has 0 N–H and O–H groups in total. The molecule has 0 saturated carbocycles. The van der Waals surface area contributed by atoms with Crippen LogP contribution in [0.5, 0.6) is 0 Å². The summed E-state index contributed by atoms with van der Waals surface area (Å²) in [7, 11) is 0. The Morgan fingerprint density at radius 3 is 2.75 bits per heavy atom. The van der Waals surface area contributed by atoms with Crippen LogP contribution in [0, 0.1) is 11.3 Å². The van der Waals surface area contributed by atoms with Crippen molar-refractivity contribution in [2.45, 2.75) is 30.7 Å². The Kier molecular flexibility index (Phi) is 5.38. The maximum Gasteiger partial charge on any atom is 0.232 e. The maximum atomic E-state index is 9.16. The lowest BCUT2D eigenvalue weighted by Gasteiger charge is -2.28. The summed E-state index contributed by atoms with van der Waals surface area (Å²) in [6.07, 6.45) is 0.925. The van der Waals surface area contributed by atoms with Crippen molar-refractivity contribution in [2.24, 2.45) is 0 Å². The molecule has 2 heterocycles. The molecule has 0 radical (unpaired) electrons. The molecule has 0 amide bonds. The molecule has 1 fully saturated rings. The number of aromatic nitrogens is 3. The van der Waals surface area contributed by atoms with Gasteiger partial charge in [0, 0.05) is 13.1 Å². The van der Waals surface area contributed by atoms with Crippen molar-refractivity contribution in [1.82, 2.24) is 14.8 Å². The van der Waals surface area contributed by atoms with Crippen LogP contribution in [0.15, 0.2) is 29.4 Å². The average Bonchev–Trinajstić information content (AvgIpc) is 3.05. The highest BCUT2D eigenvalue weighted by Gasteiger charge is 2.23. The van der Waals surface area contributed by atoms with Crippen LogP contribution >= 0.6 is 11.8 Å². The first-order valence-electron chi connectivity index (χ1n) is 8.17. The van der Waals surface area contributed by atoms with Crippen LogP contribution in [0.1, 0.15) is 19.4 Å². The quantitative estimate of drug-likeness (QED) is 0.778. The van der Waals surface area contributed by atoms with E-state index in [1.807, 2.05) is 19.1 Å². The standard InChI is InChI=1S/C17H21N5OS/c1-3-14-6-4-5-7-15(14)22-16(21-8-10-23-11-9-21)19-20-17(22)24-13(2)12-18/h4-7,13H,3,8-11H2,1-2H3/t13-/m0/s1. The van der Waals surface area contributed by atoms with Crippen molar-refractivity contribution in [1.29, 1.82) is 5.26 Å². The minimum absolute atomic E-state index is 0.181. The summed E-state index contributed by atoms with van der Waals surface area (Å²) in [5.74, 6) is 0.826. The van der Waals surface area contributed by atoms with Crippen LogP contribution in [0.25, 0.3) is 5.69 Å². The number of ether oxygens (including phenoxy) is 1. The number of nitriles is 1. The van der Waals surface area contributed by atoms with Gasteiger partial charge in [-0.2, -0.15) is 5.26 Å². The molecule has 24 heavy (non-hydrogen) atoms. The maximum absolute atomic E-state index is 9.16. The molecule has 0 aliphatic carbocycles. The van der Waals surface area contributed by atoms with Crippen molar-refractivity contribution in [3.8, 4) is 11.8 Å². The number of hydrogen-bond donors (Lipinski definition) is 0. The van der Waals surface area contributed by atoms with E-state index in [0.29, 0.717) is 13.2 Å². The van der Waals surface area contributed by atoms with E-state index in [1.165, 1.54) is 17.3 Å². The molecule has 6 nitrogen and oxygen atoms in total. The van der Waals surface area contributed by atoms with Crippen molar-refractivity contribution < 1.29 is 4.74 Å². The van der Waals surface area contributed by atoms with Crippen LogP contribution in [0.4, 0.5) is 5.95 Å². The molecule has 126 valence electrons. The molecule has 1 atom stereocenters. The van der Waals surface area contributed by atoms with Gasteiger partial charge in [-0.05, 0) is 25.0 Å². The molecule has 0 unspecified atom stereocenters. The lowest BCUT2D eigenvalue weighted by atomic mass is 10.1. The van der Waals surface area contributed by atoms with Gasteiger partial charge in [0.2, 0.25) is 5.95 Å². The third kappa shape index (κ3) is 3.40. The monoisotopic (exact) mass is 343 g/mol. The SMILES string of the molecule is CCc1ccccc1-n1c(S[C@@H](C)C#N)nnc1N1CCOCC1. The predicted molar refractivity (Wildman–Crippen MR) is 94.7 cm³/mol.